The fraction of sp³-hybridized carbons (Fsp3) is 0.176. The molecule has 24 heteroatoms. The van der Waals surface area contributed by atoms with E-state index in [4.69, 9.17) is 52.3 Å². The third kappa shape index (κ3) is 17.9. The molecule has 15 rings (SSSR count). The van der Waals surface area contributed by atoms with E-state index < -0.39 is 23.9 Å². The van der Waals surface area contributed by atoms with Crippen molar-refractivity contribution in [2.45, 2.75) is 66.7 Å². The minimum atomic E-state index is -0.494. The first-order valence-electron chi connectivity index (χ1n) is 34.7. The van der Waals surface area contributed by atoms with Gasteiger partial charge in [-0.15, -0.1) is 0 Å². The predicted octanol–water partition coefficient (Wildman–Crippen LogP) is 17.1. The summed E-state index contributed by atoms with van der Waals surface area (Å²) in [6.07, 6.45) is 10.3. The number of rotatable bonds is 17. The van der Waals surface area contributed by atoms with Gasteiger partial charge in [0.15, 0.2) is 0 Å². The molecule has 0 unspecified atom stereocenters. The van der Waals surface area contributed by atoms with E-state index in [0.717, 1.165) is 95.8 Å². The van der Waals surface area contributed by atoms with Crippen LogP contribution in [0.25, 0.3) is 55.8 Å². The van der Waals surface area contributed by atoms with Crippen LogP contribution < -0.4 is 0 Å². The zero-order valence-corrected chi connectivity index (χ0v) is 62.6. The van der Waals surface area contributed by atoms with Crippen LogP contribution in [-0.4, -0.2) is 111 Å². The molecular formula is C85H74Cl2F2N12O8. The molecule has 0 aliphatic carbocycles. The molecule has 0 bridgehead atoms. The summed E-state index contributed by atoms with van der Waals surface area (Å²) in [6.45, 7) is 10.3. The molecule has 0 aliphatic heterocycles. The molecule has 0 radical (unpaired) electrons. The number of benzene rings is 3. The van der Waals surface area contributed by atoms with Gasteiger partial charge in [0.05, 0.1) is 83.3 Å². The highest BCUT2D eigenvalue weighted by Crippen LogP contribution is 2.34. The van der Waals surface area contributed by atoms with E-state index in [-0.39, 0.29) is 28.7 Å². The van der Waals surface area contributed by atoms with Crippen LogP contribution >= 0.6 is 23.2 Å². The van der Waals surface area contributed by atoms with Crippen LogP contribution in [-0.2, 0) is 51.1 Å². The van der Waals surface area contributed by atoms with Crippen molar-refractivity contribution in [2.24, 2.45) is 5.92 Å². The molecule has 15 aromatic rings. The summed E-state index contributed by atoms with van der Waals surface area (Å²) in [5.74, 6) is -2.03. The molecule has 0 fully saturated rings. The van der Waals surface area contributed by atoms with Crippen LogP contribution in [0, 0.1) is 38.3 Å². The summed E-state index contributed by atoms with van der Waals surface area (Å²) >= 11 is 12.4. The normalized spacial score (nSPS) is 11.0. The van der Waals surface area contributed by atoms with Gasteiger partial charge in [0.1, 0.15) is 34.4 Å². The van der Waals surface area contributed by atoms with E-state index in [1.54, 1.807) is 74.2 Å². The Hall–Kier alpha value is -12.7. The van der Waals surface area contributed by atoms with Gasteiger partial charge < -0.3 is 18.9 Å². The van der Waals surface area contributed by atoms with Crippen molar-refractivity contribution in [1.82, 2.24) is 58.4 Å². The standard InChI is InChI=1S/C22H18ClN3O2.2C22H18FN3O2.C19H20ClN3O2/c1-14-11-20-17(12-16-9-6-10-19(24-16)22(27)28-2)21(15-7-4-3-5-8-15)25-26(20)13-18(14)23;1-14-9-10-20-18(12-17-7-4-8-19(24-17)22(27)28-2)21(25-26(20)13-14)15-5-3-6-16(23)11-15;1-14-10-11-20-17(12-15-6-5-9-19(24-15)22(27)28-2)21(25-26(20)13-14)16-7-3-4-8-18(16)23;1-12(2)9-17-15(18-8-7-13(20)11-23(18)22-17)10-14-5-4-6-16(21-14)19(24)25-3/h3*3-11,13H,12H2,1-2H3;4-8,11-12H,9-10H2,1-3H3. The minimum Gasteiger partial charge on any atom is -0.464 e. The second-order valence-corrected chi connectivity index (χ2v) is 26.8. The Morgan fingerprint density at radius 2 is 0.807 bits per heavy atom. The van der Waals surface area contributed by atoms with Gasteiger partial charge in [0, 0.05) is 112 Å². The fourth-order valence-corrected chi connectivity index (χ4v) is 12.8. The number of hydrogen-bond donors (Lipinski definition) is 0. The van der Waals surface area contributed by atoms with Crippen molar-refractivity contribution >= 4 is 69.1 Å². The predicted molar refractivity (Wildman–Crippen MR) is 413 cm³/mol. The summed E-state index contributed by atoms with van der Waals surface area (Å²) in [6, 6.07) is 57.9. The molecule has 12 aromatic heterocycles. The maximum absolute atomic E-state index is 14.5. The van der Waals surface area contributed by atoms with Crippen molar-refractivity contribution in [3.63, 3.8) is 0 Å². The largest absolute Gasteiger partial charge is 0.464 e. The number of fused-ring (bicyclic) bond motifs is 4. The van der Waals surface area contributed by atoms with Crippen molar-refractivity contribution in [1.29, 1.82) is 0 Å². The first-order chi connectivity index (χ1) is 52.6. The molecule has 0 spiro atoms. The van der Waals surface area contributed by atoms with Crippen molar-refractivity contribution < 1.29 is 46.9 Å². The van der Waals surface area contributed by atoms with Gasteiger partial charge in [0.25, 0.3) is 0 Å². The zero-order chi connectivity index (χ0) is 77.0. The highest BCUT2D eigenvalue weighted by atomic mass is 35.5. The van der Waals surface area contributed by atoms with Gasteiger partial charge in [-0.1, -0.05) is 128 Å². The van der Waals surface area contributed by atoms with Gasteiger partial charge >= 0.3 is 23.9 Å². The van der Waals surface area contributed by atoms with Crippen LogP contribution in [0.1, 0.15) is 123 Å². The van der Waals surface area contributed by atoms with E-state index in [0.29, 0.717) is 81.2 Å². The number of aromatic nitrogens is 12. The smallest absolute Gasteiger partial charge is 0.356 e. The number of aryl methyl sites for hydroxylation is 3. The SMILES string of the molecule is COC(=O)c1cccc(Cc2c(-c3cccc(F)c3)nn3cc(C)ccc23)n1.COC(=O)c1cccc(Cc2c(-c3ccccc3)nn3cc(Cl)c(C)cc23)n1.COC(=O)c1cccc(Cc2c(-c3ccccc3F)nn3cc(C)ccc23)n1.COC(=O)c1cccc(Cc2c(CC(C)C)nn3cc(Cl)ccc23)n1. The van der Waals surface area contributed by atoms with Crippen LogP contribution in [0.3, 0.4) is 0 Å². The number of pyridine rings is 8. The molecule has 550 valence electrons. The number of carbonyl (C=O) groups is 4. The van der Waals surface area contributed by atoms with Crippen molar-refractivity contribution in [3.05, 3.63) is 331 Å². The first kappa shape index (κ1) is 76.0. The first-order valence-corrected chi connectivity index (χ1v) is 35.4. The number of hydrogen-bond acceptors (Lipinski definition) is 16. The van der Waals surface area contributed by atoms with Crippen LogP contribution in [0.15, 0.2) is 219 Å². The lowest BCUT2D eigenvalue weighted by Gasteiger charge is -2.06. The lowest BCUT2D eigenvalue weighted by Crippen LogP contribution is -2.06. The molecular weight excluding hydrogens is 1430 g/mol. The van der Waals surface area contributed by atoms with Gasteiger partial charge in [-0.25, -0.2) is 66.0 Å². The summed E-state index contributed by atoms with van der Waals surface area (Å²) in [7, 11) is 5.35. The van der Waals surface area contributed by atoms with Gasteiger partial charge in [0.2, 0.25) is 0 Å². The Kier molecular flexibility index (Phi) is 23.9. The number of nitrogens with zero attached hydrogens (tertiary/aromatic N) is 12. The Bertz CT molecular complexity index is 5880. The van der Waals surface area contributed by atoms with Crippen LogP contribution in [0.2, 0.25) is 10.0 Å². The second kappa shape index (κ2) is 34.3. The highest BCUT2D eigenvalue weighted by Gasteiger charge is 2.24. The lowest BCUT2D eigenvalue weighted by atomic mass is 10.0. The van der Waals surface area contributed by atoms with E-state index in [9.17, 15) is 28.0 Å². The Balaban J connectivity index is 0.000000136. The third-order valence-corrected chi connectivity index (χ3v) is 18.3. The summed E-state index contributed by atoms with van der Waals surface area (Å²) in [5.41, 5.74) is 20.1. The lowest BCUT2D eigenvalue weighted by molar-refractivity contribution is 0.0585. The molecule has 0 saturated carbocycles. The molecule has 0 atom stereocenters. The molecule has 0 saturated heterocycles. The summed E-state index contributed by atoms with van der Waals surface area (Å²) in [5, 5.41) is 20.1. The molecule has 109 heavy (non-hydrogen) atoms. The molecule has 3 aromatic carbocycles. The van der Waals surface area contributed by atoms with E-state index in [1.807, 2.05) is 165 Å². The molecule has 0 amide bonds. The molecule has 20 nitrogen and oxygen atoms in total. The quantitative estimate of drug-likeness (QED) is 0.0610. The molecule has 12 heterocycles. The average molecular weight is 1500 g/mol. The number of ether oxygens (including phenoxy) is 4. The summed E-state index contributed by atoms with van der Waals surface area (Å²) < 4.78 is 54.5. The number of carbonyl (C=O) groups excluding carboxylic acids is 4. The van der Waals surface area contributed by atoms with Gasteiger partial charge in [-0.05, 0) is 153 Å². The van der Waals surface area contributed by atoms with Crippen molar-refractivity contribution in [2.75, 3.05) is 28.4 Å². The van der Waals surface area contributed by atoms with Crippen LogP contribution in [0.5, 0.6) is 0 Å². The summed E-state index contributed by atoms with van der Waals surface area (Å²) in [4.78, 5) is 64.8. The van der Waals surface area contributed by atoms with Gasteiger partial charge in [-0.2, -0.15) is 20.4 Å². The highest BCUT2D eigenvalue weighted by molar-refractivity contribution is 6.31. The Morgan fingerprint density at radius 1 is 0.404 bits per heavy atom. The average Bonchev–Trinajstić information content (AvgIpc) is 1.63. The maximum atomic E-state index is 14.5. The number of esters is 4. The Morgan fingerprint density at radius 3 is 1.29 bits per heavy atom. The maximum Gasteiger partial charge on any atom is 0.356 e. The van der Waals surface area contributed by atoms with Crippen molar-refractivity contribution in [3.8, 4) is 33.8 Å². The van der Waals surface area contributed by atoms with Crippen LogP contribution in [0.4, 0.5) is 8.78 Å². The zero-order valence-electron chi connectivity index (χ0n) is 61.0. The second-order valence-electron chi connectivity index (χ2n) is 26.0. The van der Waals surface area contributed by atoms with E-state index in [2.05, 4.69) is 44.0 Å². The third-order valence-electron chi connectivity index (χ3n) is 17.7. The van der Waals surface area contributed by atoms with E-state index in [1.165, 1.54) is 46.6 Å². The Labute approximate surface area is 636 Å². The topological polar surface area (TPSA) is 226 Å². The monoisotopic (exact) mass is 1500 g/mol. The molecule has 0 aliphatic rings. The number of halogens is 4. The minimum absolute atomic E-state index is 0.236. The van der Waals surface area contributed by atoms with Gasteiger partial charge in [-0.3, -0.25) is 0 Å². The molecule has 0 N–H and O–H groups in total. The van der Waals surface area contributed by atoms with E-state index >= 15 is 0 Å². The number of methoxy groups -OCH3 is 4. The fourth-order valence-electron chi connectivity index (χ4n) is 12.5.